The fraction of sp³-hybridized carbons (Fsp3) is 0.227. The highest BCUT2D eigenvalue weighted by Crippen LogP contribution is 2.29. The third kappa shape index (κ3) is 4.58. The monoisotopic (exact) mass is 445 g/mol. The molecular formula is C22H18F3N3O4. The third-order valence-electron chi connectivity index (χ3n) is 4.91. The van der Waals surface area contributed by atoms with E-state index in [1.807, 2.05) is 0 Å². The second-order valence-corrected chi connectivity index (χ2v) is 7.01. The van der Waals surface area contributed by atoms with Crippen LogP contribution in [0.25, 0.3) is 5.69 Å². The second kappa shape index (κ2) is 9.13. The number of nitrogens with one attached hydrogen (secondary N) is 1. The molecule has 1 aliphatic carbocycles. The van der Waals surface area contributed by atoms with Gasteiger partial charge in [-0.2, -0.15) is 13.9 Å². The first-order chi connectivity index (χ1) is 15.4. The molecule has 0 saturated heterocycles. The molecule has 3 aromatic rings. The molecule has 0 bridgehead atoms. The average molecular weight is 445 g/mol. The van der Waals surface area contributed by atoms with Gasteiger partial charge < -0.3 is 14.8 Å². The minimum Gasteiger partial charge on any atom is -0.451 e. The number of benzene rings is 2. The van der Waals surface area contributed by atoms with Crippen LogP contribution in [0, 0.1) is 5.82 Å². The van der Waals surface area contributed by atoms with Gasteiger partial charge in [0.15, 0.2) is 12.3 Å². The smallest absolute Gasteiger partial charge is 0.387 e. The highest BCUT2D eigenvalue weighted by Gasteiger charge is 2.28. The number of amides is 1. The zero-order valence-electron chi connectivity index (χ0n) is 16.7. The van der Waals surface area contributed by atoms with Gasteiger partial charge in [-0.15, -0.1) is 0 Å². The number of hydrogen-bond acceptors (Lipinski definition) is 5. The fourth-order valence-corrected chi connectivity index (χ4v) is 3.55. The number of alkyl halides is 2. The van der Waals surface area contributed by atoms with Gasteiger partial charge >= 0.3 is 12.6 Å². The molecular weight excluding hydrogens is 427 g/mol. The minimum atomic E-state index is -3.05. The summed E-state index contributed by atoms with van der Waals surface area (Å²) in [6, 6.07) is 11.4. The van der Waals surface area contributed by atoms with Crippen molar-refractivity contribution < 1.29 is 32.2 Å². The Balaban J connectivity index is 1.45. The van der Waals surface area contributed by atoms with E-state index in [2.05, 4.69) is 15.2 Å². The number of para-hydroxylation sites is 2. The van der Waals surface area contributed by atoms with Gasteiger partial charge in [-0.25, -0.2) is 13.9 Å². The van der Waals surface area contributed by atoms with Gasteiger partial charge in [0, 0.05) is 11.3 Å². The Labute approximate surface area is 180 Å². The maximum absolute atomic E-state index is 13.2. The number of esters is 1. The van der Waals surface area contributed by atoms with Crippen molar-refractivity contribution >= 4 is 17.6 Å². The van der Waals surface area contributed by atoms with E-state index < -0.39 is 25.1 Å². The van der Waals surface area contributed by atoms with Crippen molar-refractivity contribution in [3.63, 3.8) is 0 Å². The number of carbonyl (C=O) groups excluding carboxylic acids is 2. The van der Waals surface area contributed by atoms with E-state index in [0.717, 1.165) is 17.7 Å². The highest BCUT2D eigenvalue weighted by molar-refractivity contribution is 5.96. The van der Waals surface area contributed by atoms with Crippen molar-refractivity contribution in [1.82, 2.24) is 9.78 Å². The van der Waals surface area contributed by atoms with Crippen molar-refractivity contribution in [2.75, 3.05) is 11.9 Å². The molecule has 2 aromatic carbocycles. The van der Waals surface area contributed by atoms with E-state index >= 15 is 0 Å². The zero-order valence-corrected chi connectivity index (χ0v) is 16.7. The van der Waals surface area contributed by atoms with Crippen LogP contribution in [0.15, 0.2) is 48.5 Å². The van der Waals surface area contributed by atoms with Crippen LogP contribution in [0.3, 0.4) is 0 Å². The third-order valence-corrected chi connectivity index (χ3v) is 4.91. The van der Waals surface area contributed by atoms with E-state index in [1.165, 1.54) is 36.4 Å². The summed E-state index contributed by atoms with van der Waals surface area (Å²) in [5, 5.41) is 6.70. The molecule has 0 atom stereocenters. The van der Waals surface area contributed by atoms with Crippen LogP contribution in [0.2, 0.25) is 0 Å². The highest BCUT2D eigenvalue weighted by atomic mass is 19.3. The summed E-state index contributed by atoms with van der Waals surface area (Å²) in [4.78, 5) is 24.8. The van der Waals surface area contributed by atoms with Crippen LogP contribution in [0.5, 0.6) is 5.75 Å². The number of fused-ring (bicyclic) bond motifs is 1. The number of aromatic nitrogens is 2. The zero-order chi connectivity index (χ0) is 22.7. The largest absolute Gasteiger partial charge is 0.451 e. The Bertz CT molecular complexity index is 1150. The molecule has 10 heteroatoms. The number of ether oxygens (including phenoxy) is 2. The number of halogens is 3. The van der Waals surface area contributed by atoms with Crippen LogP contribution in [0.4, 0.5) is 18.9 Å². The number of nitrogens with zero attached hydrogens (tertiary/aromatic N) is 2. The SMILES string of the molecule is O=C(COC(=O)c1nn(-c2ccc(F)cc2)c2c1CCC2)Nc1ccccc1OC(F)F. The van der Waals surface area contributed by atoms with E-state index in [1.54, 1.807) is 16.8 Å². The molecule has 0 saturated carbocycles. The summed E-state index contributed by atoms with van der Waals surface area (Å²) in [5.74, 6) is -2.10. The van der Waals surface area contributed by atoms with E-state index in [9.17, 15) is 22.8 Å². The molecule has 0 spiro atoms. The number of carbonyl (C=O) groups is 2. The Morgan fingerprint density at radius 1 is 1.09 bits per heavy atom. The van der Waals surface area contributed by atoms with Crippen molar-refractivity contribution in [2.24, 2.45) is 0 Å². The Morgan fingerprint density at radius 3 is 2.59 bits per heavy atom. The lowest BCUT2D eigenvalue weighted by Crippen LogP contribution is -2.22. The summed E-state index contributed by atoms with van der Waals surface area (Å²) < 4.78 is 49.3. The molecule has 0 radical (unpaired) electrons. The van der Waals surface area contributed by atoms with Crippen LogP contribution in [-0.2, 0) is 22.4 Å². The van der Waals surface area contributed by atoms with Crippen LogP contribution >= 0.6 is 0 Å². The molecule has 1 aromatic heterocycles. The summed E-state index contributed by atoms with van der Waals surface area (Å²) in [6.07, 6.45) is 2.16. The van der Waals surface area contributed by atoms with Crippen molar-refractivity contribution in [3.8, 4) is 11.4 Å². The number of hydrogen-bond donors (Lipinski definition) is 1. The summed E-state index contributed by atoms with van der Waals surface area (Å²) in [5.41, 5.74) is 2.30. The van der Waals surface area contributed by atoms with E-state index in [0.29, 0.717) is 18.5 Å². The van der Waals surface area contributed by atoms with Gasteiger partial charge in [-0.1, -0.05) is 12.1 Å². The van der Waals surface area contributed by atoms with Gasteiger partial charge in [0.1, 0.15) is 11.6 Å². The van der Waals surface area contributed by atoms with Crippen LogP contribution in [-0.4, -0.2) is 34.9 Å². The Kier molecular flexibility index (Phi) is 6.11. The fourth-order valence-electron chi connectivity index (χ4n) is 3.55. The quantitative estimate of drug-likeness (QED) is 0.558. The van der Waals surface area contributed by atoms with Gasteiger partial charge in [0.05, 0.1) is 11.4 Å². The lowest BCUT2D eigenvalue weighted by molar-refractivity contribution is -0.119. The standard InChI is InChI=1S/C22H18F3N3O4/c23-13-8-10-14(11-9-13)28-17-6-3-4-15(17)20(27-28)21(30)31-12-19(29)26-16-5-1-2-7-18(16)32-22(24)25/h1-2,5,7-11,22H,3-4,6,12H2,(H,26,29). The van der Waals surface area contributed by atoms with Crippen molar-refractivity contribution in [1.29, 1.82) is 0 Å². The lowest BCUT2D eigenvalue weighted by atomic mass is 10.2. The molecule has 0 aliphatic heterocycles. The second-order valence-electron chi connectivity index (χ2n) is 7.01. The summed E-state index contributed by atoms with van der Waals surface area (Å²) in [6.45, 7) is -3.69. The normalized spacial score (nSPS) is 12.5. The maximum Gasteiger partial charge on any atom is 0.387 e. The first-order valence-electron chi connectivity index (χ1n) is 9.80. The van der Waals surface area contributed by atoms with Crippen molar-refractivity contribution in [3.05, 3.63) is 71.3 Å². The molecule has 1 N–H and O–H groups in total. The van der Waals surface area contributed by atoms with Gasteiger partial charge in [-0.3, -0.25) is 4.79 Å². The molecule has 0 fully saturated rings. The molecule has 0 unspecified atom stereocenters. The first-order valence-corrected chi connectivity index (χ1v) is 9.80. The van der Waals surface area contributed by atoms with Crippen LogP contribution < -0.4 is 10.1 Å². The summed E-state index contributed by atoms with van der Waals surface area (Å²) >= 11 is 0. The Hall–Kier alpha value is -3.82. The predicted molar refractivity (Wildman–Crippen MR) is 108 cm³/mol. The number of rotatable bonds is 7. The van der Waals surface area contributed by atoms with E-state index in [-0.39, 0.29) is 22.9 Å². The van der Waals surface area contributed by atoms with Gasteiger partial charge in [-0.05, 0) is 55.7 Å². The molecule has 32 heavy (non-hydrogen) atoms. The van der Waals surface area contributed by atoms with Gasteiger partial charge in [0.2, 0.25) is 0 Å². The minimum absolute atomic E-state index is 0.0235. The van der Waals surface area contributed by atoms with Crippen molar-refractivity contribution in [2.45, 2.75) is 25.9 Å². The molecule has 4 rings (SSSR count). The molecule has 7 nitrogen and oxygen atoms in total. The molecule has 1 amide bonds. The molecule has 1 heterocycles. The topological polar surface area (TPSA) is 82.5 Å². The average Bonchev–Trinajstić information content (AvgIpc) is 3.37. The lowest BCUT2D eigenvalue weighted by Gasteiger charge is -2.11. The van der Waals surface area contributed by atoms with E-state index in [4.69, 9.17) is 4.74 Å². The van der Waals surface area contributed by atoms with Crippen LogP contribution in [0.1, 0.15) is 28.2 Å². The Morgan fingerprint density at radius 2 is 1.84 bits per heavy atom. The molecule has 166 valence electrons. The molecule has 1 aliphatic rings. The van der Waals surface area contributed by atoms with Gasteiger partial charge in [0.25, 0.3) is 5.91 Å². The maximum atomic E-state index is 13.2. The summed E-state index contributed by atoms with van der Waals surface area (Å²) in [7, 11) is 0. The predicted octanol–water partition coefficient (Wildman–Crippen LogP) is 3.90. The number of anilines is 1. The first kappa shape index (κ1) is 21.4.